The van der Waals surface area contributed by atoms with Crippen LogP contribution in [0.3, 0.4) is 0 Å². The Kier molecular flexibility index (Phi) is 6.79. The molecule has 1 aliphatic rings. The van der Waals surface area contributed by atoms with Crippen molar-refractivity contribution in [1.29, 1.82) is 0 Å². The van der Waals surface area contributed by atoms with Gasteiger partial charge in [0.2, 0.25) is 0 Å². The van der Waals surface area contributed by atoms with Crippen LogP contribution in [-0.2, 0) is 25.3 Å². The van der Waals surface area contributed by atoms with E-state index < -0.39 is 20.7 Å². The summed E-state index contributed by atoms with van der Waals surface area (Å²) in [6, 6.07) is 7.66. The highest BCUT2D eigenvalue weighted by Gasteiger charge is 2.38. The lowest BCUT2D eigenvalue weighted by atomic mass is 10.2. The first kappa shape index (κ1) is 20.8. The molecule has 0 fully saturated rings. The van der Waals surface area contributed by atoms with Crippen molar-refractivity contribution in [3.8, 4) is 5.75 Å². The van der Waals surface area contributed by atoms with Crippen molar-refractivity contribution in [1.82, 2.24) is 0 Å². The number of hydrogen-bond acceptors (Lipinski definition) is 5. The third-order valence-corrected chi connectivity index (χ3v) is 9.48. The molecule has 0 spiro atoms. The summed E-state index contributed by atoms with van der Waals surface area (Å²) in [7, 11) is -0.303. The fourth-order valence-corrected chi connectivity index (χ4v) is 3.21. The fourth-order valence-electron chi connectivity index (χ4n) is 2.21. The zero-order valence-corrected chi connectivity index (χ0v) is 17.6. The lowest BCUT2D eigenvalue weighted by Crippen LogP contribution is -2.45. The summed E-state index contributed by atoms with van der Waals surface area (Å²) in [5, 5.41) is 0.0861. The Labute approximate surface area is 157 Å². The molecule has 1 heterocycles. The summed E-state index contributed by atoms with van der Waals surface area (Å²) < 4.78 is 22.9. The number of benzene rings is 1. The van der Waals surface area contributed by atoms with E-state index in [9.17, 15) is 4.79 Å². The van der Waals surface area contributed by atoms with Gasteiger partial charge in [-0.15, -0.1) is 0 Å². The van der Waals surface area contributed by atoms with Crippen molar-refractivity contribution in [2.24, 2.45) is 0 Å². The fraction of sp³-hybridized carbons (Fsp3) is 0.550. The average molecular weight is 379 g/mol. The first-order valence-corrected chi connectivity index (χ1v) is 11.8. The van der Waals surface area contributed by atoms with Crippen molar-refractivity contribution >= 4 is 14.1 Å². The SMILES string of the molecule is COc1cccc(CO[C@@H]2C=CC(=O)[C@@H](CO[Si](C)(C)C(C)(C)C)O2)c1. The third-order valence-electron chi connectivity index (χ3n) is 4.98. The van der Waals surface area contributed by atoms with Crippen molar-refractivity contribution in [2.45, 2.75) is 57.9 Å². The second-order valence-corrected chi connectivity index (χ2v) is 12.8. The summed E-state index contributed by atoms with van der Waals surface area (Å²) in [4.78, 5) is 12.1. The summed E-state index contributed by atoms with van der Waals surface area (Å²) in [5.74, 6) is 0.701. The van der Waals surface area contributed by atoms with Gasteiger partial charge in [-0.1, -0.05) is 32.9 Å². The van der Waals surface area contributed by atoms with E-state index in [2.05, 4.69) is 33.9 Å². The van der Waals surface area contributed by atoms with Crippen LogP contribution in [0.5, 0.6) is 5.75 Å². The number of carbonyl (C=O) groups excluding carboxylic acids is 1. The Balaban J connectivity index is 1.90. The molecule has 1 aliphatic heterocycles. The van der Waals surface area contributed by atoms with Gasteiger partial charge in [0.15, 0.2) is 20.4 Å². The molecule has 0 aliphatic carbocycles. The lowest BCUT2D eigenvalue weighted by molar-refractivity contribution is -0.171. The first-order chi connectivity index (χ1) is 12.1. The van der Waals surface area contributed by atoms with E-state index in [4.69, 9.17) is 18.6 Å². The molecule has 2 atom stereocenters. The van der Waals surface area contributed by atoms with E-state index in [0.717, 1.165) is 11.3 Å². The molecular formula is C20H30O5Si. The van der Waals surface area contributed by atoms with Crippen LogP contribution in [0, 0.1) is 0 Å². The van der Waals surface area contributed by atoms with E-state index in [-0.39, 0.29) is 17.4 Å². The van der Waals surface area contributed by atoms with Gasteiger partial charge in [0.25, 0.3) is 0 Å². The van der Waals surface area contributed by atoms with Gasteiger partial charge in [0, 0.05) is 0 Å². The van der Waals surface area contributed by atoms with Crippen LogP contribution in [-0.4, -0.2) is 40.2 Å². The molecule has 1 aromatic rings. The van der Waals surface area contributed by atoms with Crippen molar-refractivity contribution in [3.63, 3.8) is 0 Å². The van der Waals surface area contributed by atoms with Gasteiger partial charge in [0.05, 0.1) is 20.3 Å². The number of rotatable bonds is 7. The Morgan fingerprint density at radius 1 is 1.23 bits per heavy atom. The molecule has 0 saturated carbocycles. The highest BCUT2D eigenvalue weighted by Crippen LogP contribution is 2.36. The molecule has 0 radical (unpaired) electrons. The maximum Gasteiger partial charge on any atom is 0.192 e. The number of ether oxygens (including phenoxy) is 3. The quantitative estimate of drug-likeness (QED) is 0.669. The van der Waals surface area contributed by atoms with Gasteiger partial charge in [-0.2, -0.15) is 0 Å². The largest absolute Gasteiger partial charge is 0.497 e. The molecule has 5 nitrogen and oxygen atoms in total. The molecule has 0 aromatic heterocycles. The molecule has 144 valence electrons. The smallest absolute Gasteiger partial charge is 0.192 e. The molecule has 0 bridgehead atoms. The van der Waals surface area contributed by atoms with Gasteiger partial charge in [-0.05, 0) is 48.0 Å². The van der Waals surface area contributed by atoms with Crippen molar-refractivity contribution < 1.29 is 23.4 Å². The molecule has 0 amide bonds. The zero-order chi connectivity index (χ0) is 19.4. The molecule has 0 saturated heterocycles. The predicted octanol–water partition coefficient (Wildman–Crippen LogP) is 4.08. The normalized spacial score (nSPS) is 21.1. The number of carbonyl (C=O) groups is 1. The standard InChI is InChI=1S/C20H30O5Si/c1-20(2,3)26(5,6)24-14-18-17(21)10-11-19(25-18)23-13-15-8-7-9-16(12-15)22-4/h7-12,18-19H,13-14H2,1-6H3/t18-,19+/m1/s1. The molecule has 1 aromatic carbocycles. The first-order valence-electron chi connectivity index (χ1n) is 8.88. The summed E-state index contributed by atoms with van der Waals surface area (Å²) in [6.07, 6.45) is 1.99. The number of ketones is 1. The summed E-state index contributed by atoms with van der Waals surface area (Å²) in [6.45, 7) is 11.5. The zero-order valence-electron chi connectivity index (χ0n) is 16.6. The van der Waals surface area contributed by atoms with Crippen LogP contribution in [0.25, 0.3) is 0 Å². The summed E-state index contributed by atoms with van der Waals surface area (Å²) in [5.41, 5.74) is 0.979. The highest BCUT2D eigenvalue weighted by atomic mass is 28.4. The van der Waals surface area contributed by atoms with E-state index in [1.54, 1.807) is 13.2 Å². The van der Waals surface area contributed by atoms with Gasteiger partial charge in [-0.3, -0.25) is 4.79 Å². The van der Waals surface area contributed by atoms with E-state index in [0.29, 0.717) is 6.61 Å². The highest BCUT2D eigenvalue weighted by molar-refractivity contribution is 6.74. The van der Waals surface area contributed by atoms with Crippen molar-refractivity contribution in [2.75, 3.05) is 13.7 Å². The van der Waals surface area contributed by atoms with Gasteiger partial charge >= 0.3 is 0 Å². The number of hydrogen-bond donors (Lipinski definition) is 0. The average Bonchev–Trinajstić information content (AvgIpc) is 2.59. The maximum absolute atomic E-state index is 12.1. The lowest BCUT2D eigenvalue weighted by Gasteiger charge is -2.37. The second-order valence-electron chi connectivity index (χ2n) is 7.99. The van der Waals surface area contributed by atoms with E-state index in [1.165, 1.54) is 6.08 Å². The van der Waals surface area contributed by atoms with Crippen LogP contribution in [0.2, 0.25) is 18.1 Å². The van der Waals surface area contributed by atoms with Crippen LogP contribution < -0.4 is 4.74 Å². The molecular weight excluding hydrogens is 348 g/mol. The molecule has 6 heteroatoms. The Bertz CT molecular complexity index is 648. The van der Waals surface area contributed by atoms with Crippen LogP contribution in [0.15, 0.2) is 36.4 Å². The predicted molar refractivity (Wildman–Crippen MR) is 104 cm³/mol. The maximum atomic E-state index is 12.1. The monoisotopic (exact) mass is 378 g/mol. The minimum Gasteiger partial charge on any atom is -0.497 e. The van der Waals surface area contributed by atoms with Crippen molar-refractivity contribution in [3.05, 3.63) is 42.0 Å². The second kappa shape index (κ2) is 8.48. The minimum atomic E-state index is -1.93. The van der Waals surface area contributed by atoms with Crippen LogP contribution >= 0.6 is 0 Å². The molecule has 2 rings (SSSR count). The van der Waals surface area contributed by atoms with E-state index in [1.807, 2.05) is 24.3 Å². The Morgan fingerprint density at radius 3 is 2.62 bits per heavy atom. The number of methoxy groups -OCH3 is 1. The topological polar surface area (TPSA) is 54.0 Å². The van der Waals surface area contributed by atoms with Gasteiger partial charge in [-0.25, -0.2) is 0 Å². The van der Waals surface area contributed by atoms with Gasteiger partial charge in [0.1, 0.15) is 11.9 Å². The molecule has 26 heavy (non-hydrogen) atoms. The van der Waals surface area contributed by atoms with Gasteiger partial charge < -0.3 is 18.6 Å². The van der Waals surface area contributed by atoms with Crippen LogP contribution in [0.4, 0.5) is 0 Å². The van der Waals surface area contributed by atoms with E-state index >= 15 is 0 Å². The third kappa shape index (κ3) is 5.51. The molecule has 0 unspecified atom stereocenters. The molecule has 0 N–H and O–H groups in total. The Morgan fingerprint density at radius 2 is 1.96 bits per heavy atom. The summed E-state index contributed by atoms with van der Waals surface area (Å²) >= 11 is 0. The van der Waals surface area contributed by atoms with Crippen LogP contribution in [0.1, 0.15) is 26.3 Å². The Hall–Kier alpha value is -1.47. The minimum absolute atomic E-state index is 0.0788.